The first-order chi connectivity index (χ1) is 12.6. The first-order valence-corrected chi connectivity index (χ1v) is 10.2. The van der Waals surface area contributed by atoms with Gasteiger partial charge in [0.2, 0.25) is 11.8 Å². The van der Waals surface area contributed by atoms with E-state index in [1.165, 1.54) is 24.0 Å². The highest BCUT2D eigenvalue weighted by Gasteiger charge is 2.42. The highest BCUT2D eigenvalue weighted by Crippen LogP contribution is 2.36. The molecule has 1 aromatic carbocycles. The monoisotopic (exact) mass is 354 g/mol. The fourth-order valence-electron chi connectivity index (χ4n) is 4.53. The van der Waals surface area contributed by atoms with Crippen molar-refractivity contribution in [3.8, 4) is 0 Å². The van der Waals surface area contributed by atoms with Gasteiger partial charge in [-0.1, -0.05) is 42.7 Å². The number of benzene rings is 1. The Hall–Kier alpha value is -1.84. The van der Waals surface area contributed by atoms with Gasteiger partial charge in [0.15, 0.2) is 0 Å². The molecule has 4 rings (SSSR count). The number of likely N-dealkylation sites (tertiary alicyclic amines) is 1. The van der Waals surface area contributed by atoms with Gasteiger partial charge in [0, 0.05) is 31.5 Å². The van der Waals surface area contributed by atoms with Crippen molar-refractivity contribution in [1.29, 1.82) is 0 Å². The average Bonchev–Trinajstić information content (AvgIpc) is 3.13. The third-order valence-corrected chi connectivity index (χ3v) is 6.44. The van der Waals surface area contributed by atoms with Crippen LogP contribution in [0.2, 0.25) is 0 Å². The van der Waals surface area contributed by atoms with Gasteiger partial charge in [-0.3, -0.25) is 9.59 Å². The van der Waals surface area contributed by atoms with Crippen LogP contribution in [-0.4, -0.2) is 36.3 Å². The van der Waals surface area contributed by atoms with Crippen LogP contribution in [0.5, 0.6) is 0 Å². The number of carbonyl (C=O) groups excluding carboxylic acids is 2. The third-order valence-electron chi connectivity index (χ3n) is 6.44. The van der Waals surface area contributed by atoms with Crippen molar-refractivity contribution in [2.24, 2.45) is 17.8 Å². The summed E-state index contributed by atoms with van der Waals surface area (Å²) in [5, 5.41) is 3.15. The molecule has 1 aromatic rings. The molecule has 2 unspecified atom stereocenters. The molecule has 0 radical (unpaired) electrons. The van der Waals surface area contributed by atoms with Crippen LogP contribution in [0.3, 0.4) is 0 Å². The summed E-state index contributed by atoms with van der Waals surface area (Å²) in [5.41, 5.74) is 2.41. The molecule has 2 aliphatic carbocycles. The number of carbonyl (C=O) groups is 2. The predicted octanol–water partition coefficient (Wildman–Crippen LogP) is 3.25. The molecule has 2 saturated carbocycles. The molecule has 2 atom stereocenters. The maximum absolute atomic E-state index is 12.9. The van der Waals surface area contributed by atoms with Crippen molar-refractivity contribution in [1.82, 2.24) is 10.2 Å². The molecule has 1 aliphatic heterocycles. The molecule has 140 valence electrons. The second-order valence-electron chi connectivity index (χ2n) is 8.54. The van der Waals surface area contributed by atoms with Gasteiger partial charge >= 0.3 is 0 Å². The van der Waals surface area contributed by atoms with Gasteiger partial charge in [0.25, 0.3) is 0 Å². The third kappa shape index (κ3) is 3.79. The Bertz CT molecular complexity index is 659. The van der Waals surface area contributed by atoms with Gasteiger partial charge in [0.05, 0.1) is 5.92 Å². The summed E-state index contributed by atoms with van der Waals surface area (Å²) in [7, 11) is 0. The lowest BCUT2D eigenvalue weighted by Gasteiger charge is -2.20. The van der Waals surface area contributed by atoms with Crippen LogP contribution in [0.1, 0.15) is 55.6 Å². The van der Waals surface area contributed by atoms with E-state index in [4.69, 9.17) is 0 Å². The lowest BCUT2D eigenvalue weighted by molar-refractivity contribution is -0.134. The van der Waals surface area contributed by atoms with E-state index in [1.807, 2.05) is 4.90 Å². The molecule has 0 spiro atoms. The standard InChI is InChI=1S/C22H30N2O2/c1-15-6-10-17(11-7-15)19-13-24(22(26)18-4-2-3-5-18)14-20(19)21(25)23-12-16-8-9-16/h6-7,10-11,16,18-20H,2-5,8-9,12-14H2,1H3,(H,23,25). The molecule has 26 heavy (non-hydrogen) atoms. The summed E-state index contributed by atoms with van der Waals surface area (Å²) in [5.74, 6) is 1.25. The van der Waals surface area contributed by atoms with E-state index in [2.05, 4.69) is 36.5 Å². The van der Waals surface area contributed by atoms with Crippen LogP contribution < -0.4 is 5.32 Å². The Kier molecular flexibility index (Phi) is 5.01. The van der Waals surface area contributed by atoms with E-state index in [9.17, 15) is 9.59 Å². The molecule has 1 heterocycles. The fourth-order valence-corrected chi connectivity index (χ4v) is 4.53. The van der Waals surface area contributed by atoms with Crippen LogP contribution in [-0.2, 0) is 9.59 Å². The second kappa shape index (κ2) is 7.42. The largest absolute Gasteiger partial charge is 0.356 e. The molecule has 4 heteroatoms. The van der Waals surface area contributed by atoms with Crippen molar-refractivity contribution >= 4 is 11.8 Å². The Morgan fingerprint density at radius 2 is 1.73 bits per heavy atom. The van der Waals surface area contributed by atoms with E-state index in [0.29, 0.717) is 19.0 Å². The highest BCUT2D eigenvalue weighted by atomic mass is 16.2. The normalized spacial score (nSPS) is 26.3. The summed E-state index contributed by atoms with van der Waals surface area (Å²) in [6.45, 7) is 4.13. The van der Waals surface area contributed by atoms with E-state index in [-0.39, 0.29) is 29.6 Å². The first kappa shape index (κ1) is 17.6. The van der Waals surface area contributed by atoms with Gasteiger partial charge in [-0.25, -0.2) is 0 Å². The molecule has 3 aliphatic rings. The van der Waals surface area contributed by atoms with Gasteiger partial charge in [0.1, 0.15) is 0 Å². The Balaban J connectivity index is 1.50. The number of rotatable bonds is 5. The van der Waals surface area contributed by atoms with E-state index in [0.717, 1.165) is 32.2 Å². The van der Waals surface area contributed by atoms with Crippen LogP contribution >= 0.6 is 0 Å². The number of nitrogens with one attached hydrogen (secondary N) is 1. The molecule has 2 amide bonds. The van der Waals surface area contributed by atoms with Crippen LogP contribution in [0.15, 0.2) is 24.3 Å². The highest BCUT2D eigenvalue weighted by molar-refractivity contribution is 5.84. The molecular formula is C22H30N2O2. The van der Waals surface area contributed by atoms with E-state index >= 15 is 0 Å². The number of aryl methyl sites for hydroxylation is 1. The number of hydrogen-bond donors (Lipinski definition) is 1. The molecule has 3 fully saturated rings. The Morgan fingerprint density at radius 1 is 1.04 bits per heavy atom. The van der Waals surface area contributed by atoms with Crippen molar-refractivity contribution in [2.75, 3.05) is 19.6 Å². The van der Waals surface area contributed by atoms with Gasteiger partial charge < -0.3 is 10.2 Å². The average molecular weight is 354 g/mol. The maximum Gasteiger partial charge on any atom is 0.225 e. The summed E-state index contributed by atoms with van der Waals surface area (Å²) in [4.78, 5) is 27.8. The minimum absolute atomic E-state index is 0.111. The Morgan fingerprint density at radius 3 is 2.38 bits per heavy atom. The lowest BCUT2D eigenvalue weighted by atomic mass is 9.88. The molecule has 1 N–H and O–H groups in total. The van der Waals surface area contributed by atoms with Gasteiger partial charge in [-0.2, -0.15) is 0 Å². The predicted molar refractivity (Wildman–Crippen MR) is 102 cm³/mol. The van der Waals surface area contributed by atoms with Gasteiger partial charge in [-0.05, 0) is 44.1 Å². The summed E-state index contributed by atoms with van der Waals surface area (Å²) in [6.07, 6.45) is 6.83. The topological polar surface area (TPSA) is 49.4 Å². The second-order valence-corrected chi connectivity index (χ2v) is 8.54. The van der Waals surface area contributed by atoms with Crippen LogP contribution in [0, 0.1) is 24.7 Å². The number of nitrogens with zero attached hydrogens (tertiary/aromatic N) is 1. The molecule has 0 aromatic heterocycles. The maximum atomic E-state index is 12.9. The molecular weight excluding hydrogens is 324 g/mol. The molecule has 0 bridgehead atoms. The lowest BCUT2D eigenvalue weighted by Crippen LogP contribution is -2.37. The zero-order chi connectivity index (χ0) is 18.1. The zero-order valence-corrected chi connectivity index (χ0v) is 15.7. The SMILES string of the molecule is Cc1ccc(C2CN(C(=O)C3CCCC3)CC2C(=O)NCC2CC2)cc1. The van der Waals surface area contributed by atoms with Crippen molar-refractivity contribution in [2.45, 2.75) is 51.4 Å². The van der Waals surface area contributed by atoms with Gasteiger partial charge in [-0.15, -0.1) is 0 Å². The van der Waals surface area contributed by atoms with Crippen LogP contribution in [0.25, 0.3) is 0 Å². The number of amides is 2. The summed E-state index contributed by atoms with van der Waals surface area (Å²) in [6, 6.07) is 8.47. The first-order valence-electron chi connectivity index (χ1n) is 10.2. The fraction of sp³-hybridized carbons (Fsp3) is 0.636. The summed E-state index contributed by atoms with van der Waals surface area (Å²) >= 11 is 0. The minimum Gasteiger partial charge on any atom is -0.356 e. The van der Waals surface area contributed by atoms with Crippen molar-refractivity contribution < 1.29 is 9.59 Å². The van der Waals surface area contributed by atoms with E-state index < -0.39 is 0 Å². The van der Waals surface area contributed by atoms with Crippen LogP contribution in [0.4, 0.5) is 0 Å². The smallest absolute Gasteiger partial charge is 0.225 e. The molecule has 1 saturated heterocycles. The van der Waals surface area contributed by atoms with Crippen molar-refractivity contribution in [3.63, 3.8) is 0 Å². The van der Waals surface area contributed by atoms with Crippen molar-refractivity contribution in [3.05, 3.63) is 35.4 Å². The quantitative estimate of drug-likeness (QED) is 0.882. The number of hydrogen-bond acceptors (Lipinski definition) is 2. The van der Waals surface area contributed by atoms with E-state index in [1.54, 1.807) is 0 Å². The zero-order valence-electron chi connectivity index (χ0n) is 15.7. The minimum atomic E-state index is -0.123. The Labute approximate surface area is 156 Å². The summed E-state index contributed by atoms with van der Waals surface area (Å²) < 4.78 is 0. The molecule has 4 nitrogen and oxygen atoms in total.